The van der Waals surface area contributed by atoms with Gasteiger partial charge in [0, 0.05) is 17.5 Å². The second-order valence-electron chi connectivity index (χ2n) is 6.15. The van der Waals surface area contributed by atoms with Crippen molar-refractivity contribution in [3.8, 4) is 0 Å². The highest BCUT2D eigenvalue weighted by molar-refractivity contribution is 6.20. The van der Waals surface area contributed by atoms with E-state index in [2.05, 4.69) is 10.3 Å². The molecule has 3 N–H and O–H groups in total. The summed E-state index contributed by atoms with van der Waals surface area (Å²) in [5.74, 6) is -0.172. The fourth-order valence-corrected chi connectivity index (χ4v) is 2.89. The second kappa shape index (κ2) is 6.86. The lowest BCUT2D eigenvalue weighted by atomic mass is 9.81. The van der Waals surface area contributed by atoms with Gasteiger partial charge in [0.15, 0.2) is 0 Å². The number of fused-ring (bicyclic) bond motifs is 1. The van der Waals surface area contributed by atoms with Gasteiger partial charge in [0.2, 0.25) is 0 Å². The Bertz CT molecular complexity index is 726. The predicted molar refractivity (Wildman–Crippen MR) is 95.9 cm³/mol. The van der Waals surface area contributed by atoms with Crippen LogP contribution in [0.1, 0.15) is 19.8 Å². The fourth-order valence-electron chi connectivity index (χ4n) is 2.89. The molecule has 0 radical (unpaired) electrons. The van der Waals surface area contributed by atoms with Crippen LogP contribution in [-0.2, 0) is 9.53 Å². The summed E-state index contributed by atoms with van der Waals surface area (Å²) in [6, 6.07) is 8.06. The van der Waals surface area contributed by atoms with E-state index in [0.717, 1.165) is 35.5 Å². The summed E-state index contributed by atoms with van der Waals surface area (Å²) >= 11 is 0. The average molecular weight is 326 g/mol. The molecule has 126 valence electrons. The fraction of sp³-hybridized carbons (Fsp3) is 0.389. The van der Waals surface area contributed by atoms with Crippen LogP contribution in [0.5, 0.6) is 0 Å². The van der Waals surface area contributed by atoms with Crippen molar-refractivity contribution in [3.05, 3.63) is 35.5 Å². The molecular weight excluding hydrogens is 304 g/mol. The number of nitrogens with zero attached hydrogens (tertiary/aromatic N) is 2. The molecule has 1 aromatic carbocycles. The minimum Gasteiger partial charge on any atom is -0.469 e. The van der Waals surface area contributed by atoms with E-state index in [1.165, 1.54) is 7.11 Å². The molecule has 2 aliphatic rings. The van der Waals surface area contributed by atoms with E-state index in [0.29, 0.717) is 12.2 Å². The van der Waals surface area contributed by atoms with Crippen molar-refractivity contribution in [1.82, 2.24) is 0 Å². The van der Waals surface area contributed by atoms with Gasteiger partial charge in [-0.2, -0.15) is 0 Å². The number of anilines is 1. The number of carbonyl (C=O) groups is 1. The molecule has 1 fully saturated rings. The summed E-state index contributed by atoms with van der Waals surface area (Å²) in [5.41, 5.74) is 10.4. The topological polar surface area (TPSA) is 89.1 Å². The molecule has 0 atom stereocenters. The highest BCUT2D eigenvalue weighted by atomic mass is 16.5. The summed E-state index contributed by atoms with van der Waals surface area (Å²) < 4.78 is 4.75. The Hall–Kier alpha value is -2.63. The van der Waals surface area contributed by atoms with Crippen LogP contribution in [0.25, 0.3) is 0 Å². The number of allylic oxidation sites excluding steroid dienone is 1. The highest BCUT2D eigenvalue weighted by Crippen LogP contribution is 2.31. The van der Waals surface area contributed by atoms with Gasteiger partial charge in [-0.3, -0.25) is 9.79 Å². The Balaban J connectivity index is 1.72. The van der Waals surface area contributed by atoms with Gasteiger partial charge in [0.1, 0.15) is 0 Å². The minimum absolute atomic E-state index is 0.0240. The molecule has 1 aliphatic heterocycles. The van der Waals surface area contributed by atoms with Gasteiger partial charge in [0.25, 0.3) is 0 Å². The van der Waals surface area contributed by atoms with Gasteiger partial charge >= 0.3 is 5.97 Å². The number of benzene rings is 1. The Morgan fingerprint density at radius 3 is 2.88 bits per heavy atom. The molecular formula is C18H22N4O2. The van der Waals surface area contributed by atoms with Crippen molar-refractivity contribution in [3.63, 3.8) is 0 Å². The summed E-state index contributed by atoms with van der Waals surface area (Å²) in [6.07, 6.45) is 3.25. The number of carbonyl (C=O) groups excluding carboxylic acids is 1. The number of hydrogen-bond donors (Lipinski definition) is 2. The first-order chi connectivity index (χ1) is 11.6. The van der Waals surface area contributed by atoms with Gasteiger partial charge in [-0.05, 0) is 31.9 Å². The molecule has 1 heterocycles. The van der Waals surface area contributed by atoms with Crippen LogP contribution in [0.4, 0.5) is 11.4 Å². The third-order valence-corrected chi connectivity index (χ3v) is 4.40. The maximum absolute atomic E-state index is 11.4. The predicted octanol–water partition coefficient (Wildman–Crippen LogP) is 2.44. The number of para-hydroxylation sites is 2. The molecule has 3 rings (SSSR count). The van der Waals surface area contributed by atoms with Gasteiger partial charge in [-0.15, -0.1) is 0 Å². The Morgan fingerprint density at radius 1 is 1.42 bits per heavy atom. The molecule has 24 heavy (non-hydrogen) atoms. The highest BCUT2D eigenvalue weighted by Gasteiger charge is 2.34. The van der Waals surface area contributed by atoms with Gasteiger partial charge in [0.05, 0.1) is 42.7 Å². The number of hydrogen-bond acceptors (Lipinski definition) is 6. The SMILES string of the molecule is COC(=O)C1CC(N=CC(C2=Nc3ccccc3NC2)=C(C)N)C1. The lowest BCUT2D eigenvalue weighted by Crippen LogP contribution is -2.34. The quantitative estimate of drug-likeness (QED) is 0.657. The van der Waals surface area contributed by atoms with E-state index < -0.39 is 0 Å². The molecule has 0 aromatic heterocycles. The largest absolute Gasteiger partial charge is 0.469 e. The average Bonchev–Trinajstić information content (AvgIpc) is 2.55. The van der Waals surface area contributed by atoms with E-state index in [9.17, 15) is 4.79 Å². The summed E-state index contributed by atoms with van der Waals surface area (Å²) in [6.45, 7) is 2.46. The van der Waals surface area contributed by atoms with Crippen molar-refractivity contribution >= 4 is 29.3 Å². The number of rotatable bonds is 4. The zero-order valence-corrected chi connectivity index (χ0v) is 14.0. The lowest BCUT2D eigenvalue weighted by molar-refractivity contribution is -0.148. The van der Waals surface area contributed by atoms with E-state index in [-0.39, 0.29) is 17.9 Å². The molecule has 1 aliphatic carbocycles. The third kappa shape index (κ3) is 3.32. The zero-order valence-electron chi connectivity index (χ0n) is 14.0. The Labute approximate surface area is 141 Å². The number of ether oxygens (including phenoxy) is 1. The molecule has 0 amide bonds. The smallest absolute Gasteiger partial charge is 0.308 e. The van der Waals surface area contributed by atoms with Crippen LogP contribution in [0.2, 0.25) is 0 Å². The molecule has 0 unspecified atom stereocenters. The van der Waals surface area contributed by atoms with Gasteiger partial charge in [-0.25, -0.2) is 4.99 Å². The third-order valence-electron chi connectivity index (χ3n) is 4.40. The van der Waals surface area contributed by atoms with Crippen LogP contribution in [0.15, 0.2) is 45.5 Å². The minimum atomic E-state index is -0.148. The standard InChI is InChI=1S/C18H22N4O2/c1-11(19)14(9-20-13-7-12(8-13)18(23)24-2)17-10-21-15-5-3-4-6-16(15)22-17/h3-6,9,12-13,21H,7-8,10,19H2,1-2H3. The van der Waals surface area contributed by atoms with E-state index in [1.807, 2.05) is 31.2 Å². The number of aliphatic imine (C=N–C) groups is 2. The van der Waals surface area contributed by atoms with Crippen LogP contribution in [0, 0.1) is 5.92 Å². The van der Waals surface area contributed by atoms with Crippen LogP contribution in [-0.4, -0.2) is 37.6 Å². The zero-order chi connectivity index (χ0) is 17.1. The molecule has 6 heteroatoms. The van der Waals surface area contributed by atoms with Crippen LogP contribution < -0.4 is 11.1 Å². The first-order valence-electron chi connectivity index (χ1n) is 8.06. The maximum atomic E-state index is 11.4. The summed E-state index contributed by atoms with van der Waals surface area (Å²) in [4.78, 5) is 20.7. The molecule has 1 aromatic rings. The number of nitrogens with one attached hydrogen (secondary N) is 1. The van der Waals surface area contributed by atoms with Crippen molar-refractivity contribution in [1.29, 1.82) is 0 Å². The summed E-state index contributed by atoms with van der Waals surface area (Å²) in [5, 5.41) is 3.35. The van der Waals surface area contributed by atoms with E-state index in [4.69, 9.17) is 15.5 Å². The van der Waals surface area contributed by atoms with Crippen LogP contribution >= 0.6 is 0 Å². The normalized spacial score (nSPS) is 23.5. The van der Waals surface area contributed by atoms with Crippen LogP contribution in [0.3, 0.4) is 0 Å². The Kier molecular flexibility index (Phi) is 4.64. The number of nitrogens with two attached hydrogens (primary N) is 1. The van der Waals surface area contributed by atoms with Crippen molar-refractivity contribution in [2.45, 2.75) is 25.8 Å². The number of methoxy groups -OCH3 is 1. The molecule has 0 spiro atoms. The van der Waals surface area contributed by atoms with Gasteiger partial charge in [-0.1, -0.05) is 12.1 Å². The lowest BCUT2D eigenvalue weighted by Gasteiger charge is -2.30. The molecule has 0 bridgehead atoms. The molecule has 0 saturated heterocycles. The van der Waals surface area contributed by atoms with E-state index in [1.54, 1.807) is 6.21 Å². The van der Waals surface area contributed by atoms with Crippen molar-refractivity contribution in [2.75, 3.05) is 19.0 Å². The summed E-state index contributed by atoms with van der Waals surface area (Å²) in [7, 11) is 1.42. The second-order valence-corrected chi connectivity index (χ2v) is 6.15. The van der Waals surface area contributed by atoms with E-state index >= 15 is 0 Å². The van der Waals surface area contributed by atoms with Crippen molar-refractivity contribution in [2.24, 2.45) is 21.6 Å². The first kappa shape index (κ1) is 16.2. The molecule has 6 nitrogen and oxygen atoms in total. The first-order valence-corrected chi connectivity index (χ1v) is 8.06. The monoisotopic (exact) mass is 326 g/mol. The maximum Gasteiger partial charge on any atom is 0.308 e. The Morgan fingerprint density at radius 2 is 2.17 bits per heavy atom. The van der Waals surface area contributed by atoms with Gasteiger partial charge < -0.3 is 15.8 Å². The van der Waals surface area contributed by atoms with Crippen molar-refractivity contribution < 1.29 is 9.53 Å². The molecule has 1 saturated carbocycles. The number of esters is 1.